The second-order valence-corrected chi connectivity index (χ2v) is 6.56. The highest BCUT2D eigenvalue weighted by Gasteiger charge is 2.16. The molecule has 1 N–H and O–H groups in total. The third-order valence-corrected chi connectivity index (χ3v) is 4.85. The summed E-state index contributed by atoms with van der Waals surface area (Å²) >= 11 is 0. The average Bonchev–Trinajstić information content (AvgIpc) is 2.77. The molecule has 0 fully saturated rings. The van der Waals surface area contributed by atoms with Crippen LogP contribution in [0, 0.1) is 20.8 Å². The lowest BCUT2D eigenvalue weighted by molar-refractivity contribution is 0.658. The van der Waals surface area contributed by atoms with E-state index in [4.69, 9.17) is 0 Å². The number of hydrogen-bond donors (Lipinski definition) is 1. The predicted octanol–water partition coefficient (Wildman–Crippen LogP) is 3.06. The summed E-state index contributed by atoms with van der Waals surface area (Å²) in [6.45, 7) is 7.17. The maximum absolute atomic E-state index is 4.63. The summed E-state index contributed by atoms with van der Waals surface area (Å²) in [7, 11) is 2.01. The van der Waals surface area contributed by atoms with Gasteiger partial charge < -0.3 is 5.32 Å². The largest absolute Gasteiger partial charge is 0.370 e. The molecule has 0 unspecified atom stereocenters. The standard InChI is InChI=1S/C18H27N5/c1-12-15(13(2)23(4)22-12)9-7-11-19-18-16-8-5-6-10-17(16)20-14(3)21-18/h5-11H2,1-4H3,(H,19,20,21). The van der Waals surface area contributed by atoms with Gasteiger partial charge in [0.15, 0.2) is 0 Å². The van der Waals surface area contributed by atoms with Gasteiger partial charge in [0.1, 0.15) is 11.6 Å². The van der Waals surface area contributed by atoms with Crippen LogP contribution in [0.3, 0.4) is 0 Å². The van der Waals surface area contributed by atoms with Crippen LogP contribution in [0.25, 0.3) is 0 Å². The first-order chi connectivity index (χ1) is 11.1. The predicted molar refractivity (Wildman–Crippen MR) is 92.9 cm³/mol. The summed E-state index contributed by atoms with van der Waals surface area (Å²) in [6, 6.07) is 0. The van der Waals surface area contributed by atoms with Crippen LogP contribution in [0.15, 0.2) is 0 Å². The molecule has 0 aliphatic heterocycles. The molecule has 0 spiro atoms. The van der Waals surface area contributed by atoms with E-state index < -0.39 is 0 Å². The third kappa shape index (κ3) is 3.38. The molecule has 5 nitrogen and oxygen atoms in total. The second-order valence-electron chi connectivity index (χ2n) is 6.56. The molecular weight excluding hydrogens is 286 g/mol. The average molecular weight is 313 g/mol. The van der Waals surface area contributed by atoms with Gasteiger partial charge in [0.05, 0.1) is 5.69 Å². The number of anilines is 1. The van der Waals surface area contributed by atoms with Crippen LogP contribution < -0.4 is 5.32 Å². The maximum atomic E-state index is 4.63. The Labute approximate surface area is 138 Å². The van der Waals surface area contributed by atoms with Crippen molar-refractivity contribution in [1.82, 2.24) is 19.7 Å². The zero-order valence-electron chi connectivity index (χ0n) is 14.7. The van der Waals surface area contributed by atoms with Crippen molar-refractivity contribution in [2.45, 2.75) is 59.3 Å². The van der Waals surface area contributed by atoms with Crippen LogP contribution in [0.1, 0.15) is 53.3 Å². The van der Waals surface area contributed by atoms with Crippen LogP contribution in [0.2, 0.25) is 0 Å². The molecule has 5 heteroatoms. The Morgan fingerprint density at radius 1 is 1.09 bits per heavy atom. The molecule has 3 rings (SSSR count). The monoisotopic (exact) mass is 313 g/mol. The summed E-state index contributed by atoms with van der Waals surface area (Å²) in [4.78, 5) is 9.25. The first-order valence-electron chi connectivity index (χ1n) is 8.65. The fourth-order valence-corrected chi connectivity index (χ4v) is 3.51. The minimum atomic E-state index is 0.882. The van der Waals surface area contributed by atoms with E-state index in [9.17, 15) is 0 Å². The third-order valence-electron chi connectivity index (χ3n) is 4.85. The number of fused-ring (bicyclic) bond motifs is 1. The van der Waals surface area contributed by atoms with Gasteiger partial charge in [-0.05, 0) is 64.9 Å². The maximum Gasteiger partial charge on any atom is 0.133 e. The molecule has 1 aliphatic rings. The molecule has 124 valence electrons. The fraction of sp³-hybridized carbons (Fsp3) is 0.611. The van der Waals surface area contributed by atoms with E-state index in [1.807, 2.05) is 18.7 Å². The highest BCUT2D eigenvalue weighted by Crippen LogP contribution is 2.25. The van der Waals surface area contributed by atoms with Crippen LogP contribution in [-0.2, 0) is 26.3 Å². The number of nitrogens with one attached hydrogen (secondary N) is 1. The van der Waals surface area contributed by atoms with E-state index in [0.29, 0.717) is 0 Å². The molecule has 2 aromatic rings. The van der Waals surface area contributed by atoms with Crippen LogP contribution in [-0.4, -0.2) is 26.3 Å². The summed E-state index contributed by atoms with van der Waals surface area (Å²) < 4.78 is 1.97. The van der Waals surface area contributed by atoms with Gasteiger partial charge in [0, 0.05) is 30.5 Å². The number of aromatic nitrogens is 4. The van der Waals surface area contributed by atoms with Crippen molar-refractivity contribution in [2.75, 3.05) is 11.9 Å². The number of rotatable bonds is 5. The van der Waals surface area contributed by atoms with Gasteiger partial charge in [0.25, 0.3) is 0 Å². The highest BCUT2D eigenvalue weighted by atomic mass is 15.3. The fourth-order valence-electron chi connectivity index (χ4n) is 3.51. The van der Waals surface area contributed by atoms with Crippen molar-refractivity contribution in [3.8, 4) is 0 Å². The van der Waals surface area contributed by atoms with E-state index in [0.717, 1.165) is 49.6 Å². The van der Waals surface area contributed by atoms with Crippen LogP contribution >= 0.6 is 0 Å². The molecule has 2 aromatic heterocycles. The Hall–Kier alpha value is -1.91. The number of hydrogen-bond acceptors (Lipinski definition) is 4. The van der Waals surface area contributed by atoms with Crippen molar-refractivity contribution in [1.29, 1.82) is 0 Å². The Morgan fingerprint density at radius 3 is 2.61 bits per heavy atom. The lowest BCUT2D eigenvalue weighted by Crippen LogP contribution is -2.14. The molecule has 0 amide bonds. The van der Waals surface area contributed by atoms with E-state index in [1.54, 1.807) is 0 Å². The van der Waals surface area contributed by atoms with Gasteiger partial charge in [-0.2, -0.15) is 5.10 Å². The molecule has 0 saturated carbocycles. The van der Waals surface area contributed by atoms with Gasteiger partial charge in [-0.25, -0.2) is 9.97 Å². The van der Waals surface area contributed by atoms with Crippen molar-refractivity contribution in [3.63, 3.8) is 0 Å². The first kappa shape index (κ1) is 16.0. The summed E-state index contributed by atoms with van der Waals surface area (Å²) in [5, 5.41) is 8.04. The molecular formula is C18H27N5. The van der Waals surface area contributed by atoms with Crippen molar-refractivity contribution in [2.24, 2.45) is 7.05 Å². The zero-order valence-corrected chi connectivity index (χ0v) is 14.7. The first-order valence-corrected chi connectivity index (χ1v) is 8.65. The summed E-state index contributed by atoms with van der Waals surface area (Å²) in [6.07, 6.45) is 6.86. The minimum absolute atomic E-state index is 0.882. The topological polar surface area (TPSA) is 55.6 Å². The van der Waals surface area contributed by atoms with Gasteiger partial charge in [-0.15, -0.1) is 0 Å². The van der Waals surface area contributed by atoms with Crippen LogP contribution in [0.4, 0.5) is 5.82 Å². The van der Waals surface area contributed by atoms with Gasteiger partial charge in [0.2, 0.25) is 0 Å². The summed E-state index contributed by atoms with van der Waals surface area (Å²) in [5.74, 6) is 1.94. The molecule has 0 radical (unpaired) electrons. The van der Waals surface area contributed by atoms with Crippen LogP contribution in [0.5, 0.6) is 0 Å². The van der Waals surface area contributed by atoms with E-state index in [-0.39, 0.29) is 0 Å². The van der Waals surface area contributed by atoms with E-state index >= 15 is 0 Å². The highest BCUT2D eigenvalue weighted by molar-refractivity contribution is 5.47. The quantitative estimate of drug-likeness (QED) is 0.862. The molecule has 1 aliphatic carbocycles. The van der Waals surface area contributed by atoms with Gasteiger partial charge >= 0.3 is 0 Å². The number of aryl methyl sites for hydroxylation is 4. The zero-order chi connectivity index (χ0) is 16.4. The lowest BCUT2D eigenvalue weighted by atomic mass is 9.96. The second kappa shape index (κ2) is 6.69. The van der Waals surface area contributed by atoms with Crippen molar-refractivity contribution < 1.29 is 0 Å². The molecule has 2 heterocycles. The normalized spacial score (nSPS) is 13.9. The summed E-state index contributed by atoms with van der Waals surface area (Å²) in [5.41, 5.74) is 6.41. The Bertz CT molecular complexity index is 702. The molecule has 0 bridgehead atoms. The molecule has 0 aromatic carbocycles. The molecule has 23 heavy (non-hydrogen) atoms. The van der Waals surface area contributed by atoms with Crippen molar-refractivity contribution >= 4 is 5.82 Å². The Morgan fingerprint density at radius 2 is 1.87 bits per heavy atom. The van der Waals surface area contributed by atoms with Crippen molar-refractivity contribution in [3.05, 3.63) is 34.0 Å². The van der Waals surface area contributed by atoms with E-state index in [1.165, 1.54) is 35.4 Å². The van der Waals surface area contributed by atoms with Gasteiger partial charge in [-0.3, -0.25) is 4.68 Å². The SMILES string of the molecule is Cc1nc2c(c(NCCCc3c(C)nn(C)c3C)n1)CCCC2. The van der Waals surface area contributed by atoms with E-state index in [2.05, 4.69) is 34.2 Å². The van der Waals surface area contributed by atoms with Gasteiger partial charge in [-0.1, -0.05) is 0 Å². The Balaban J connectivity index is 1.62. The Kier molecular flexibility index (Phi) is 4.64. The molecule has 0 atom stereocenters. The number of nitrogens with zero attached hydrogens (tertiary/aromatic N) is 4. The smallest absolute Gasteiger partial charge is 0.133 e. The molecule has 0 saturated heterocycles. The lowest BCUT2D eigenvalue weighted by Gasteiger charge is -2.19. The minimum Gasteiger partial charge on any atom is -0.370 e.